The standard InChI is InChI=1S/C40H48F5N5O9S/c1-22-30-29(25-17-24(57-40(43,44)45)13-14-26(25)46-22)39(41,42)20-37(58-30)19-28-31(51)48-38(33(53)49-60(55,56)36(5)15-16-36)18-23(38)11-9-7-6-8-10-12-27(32(52)50(28)21-37)47-34(54)59-35(2,3)4/h9,11,13-14,17,23,27-28H,6-8,10,12,15-16,18-21H2,1-5H3,(H,47,54)(H,48,51)(H,49,53)/b11-9-/t23-,27+,28+,37+,38-/m1/s1. The molecule has 1 aromatic carbocycles. The summed E-state index contributed by atoms with van der Waals surface area (Å²) in [4.78, 5) is 61.6. The van der Waals surface area contributed by atoms with Crippen LogP contribution in [0.2, 0.25) is 0 Å². The van der Waals surface area contributed by atoms with Crippen LogP contribution in [-0.2, 0) is 35.1 Å². The molecular formula is C40H48F5N5O9S. The number of alkyl carbamates (subject to hydrolysis) is 1. The number of pyridine rings is 1. The van der Waals surface area contributed by atoms with E-state index in [-0.39, 0.29) is 29.4 Å². The first-order chi connectivity index (χ1) is 27.8. The monoisotopic (exact) mass is 869 g/mol. The second kappa shape index (κ2) is 14.7. The molecule has 3 fully saturated rings. The van der Waals surface area contributed by atoms with Gasteiger partial charge in [0.1, 0.15) is 34.6 Å². The second-order valence-electron chi connectivity index (χ2n) is 17.9. The molecule has 5 aliphatic rings. The summed E-state index contributed by atoms with van der Waals surface area (Å²) in [6.45, 7) is 7.13. The van der Waals surface area contributed by atoms with Gasteiger partial charge >= 0.3 is 12.5 Å². The van der Waals surface area contributed by atoms with Gasteiger partial charge in [0.15, 0.2) is 5.75 Å². The fourth-order valence-electron chi connectivity index (χ4n) is 8.42. The van der Waals surface area contributed by atoms with Gasteiger partial charge in [-0.2, -0.15) is 0 Å². The Bertz CT molecular complexity index is 2260. The third-order valence-electron chi connectivity index (χ3n) is 11.8. The molecule has 5 atom stereocenters. The molecule has 60 heavy (non-hydrogen) atoms. The van der Waals surface area contributed by atoms with Crippen molar-refractivity contribution in [3.8, 4) is 11.5 Å². The third-order valence-corrected chi connectivity index (χ3v) is 14.0. The molecular weight excluding hydrogens is 822 g/mol. The lowest BCUT2D eigenvalue weighted by atomic mass is 9.84. The van der Waals surface area contributed by atoms with E-state index < -0.39 is 122 Å². The summed E-state index contributed by atoms with van der Waals surface area (Å²) < 4.78 is 116. The summed E-state index contributed by atoms with van der Waals surface area (Å²) in [5, 5.41) is 4.92. The number of allylic oxidation sites excluding steroid dienone is 1. The number of hydrogen-bond donors (Lipinski definition) is 3. The maximum Gasteiger partial charge on any atom is 0.573 e. The van der Waals surface area contributed by atoms with E-state index in [4.69, 9.17) is 9.47 Å². The Kier molecular flexibility index (Phi) is 10.6. The molecule has 1 aromatic heterocycles. The van der Waals surface area contributed by atoms with Gasteiger partial charge in [0, 0.05) is 17.7 Å². The van der Waals surface area contributed by atoms with Crippen molar-refractivity contribution in [2.75, 3.05) is 6.54 Å². The minimum Gasteiger partial charge on any atom is -0.483 e. The molecule has 4 amide bonds. The molecule has 7 rings (SSSR count). The van der Waals surface area contributed by atoms with Gasteiger partial charge in [-0.1, -0.05) is 25.0 Å². The summed E-state index contributed by atoms with van der Waals surface area (Å²) in [5.41, 5.74) is -5.56. The fourth-order valence-corrected chi connectivity index (χ4v) is 9.73. The number of amides is 4. The Morgan fingerprint density at radius 3 is 2.45 bits per heavy atom. The third kappa shape index (κ3) is 8.57. The zero-order valence-corrected chi connectivity index (χ0v) is 34.6. The zero-order valence-electron chi connectivity index (χ0n) is 33.8. The van der Waals surface area contributed by atoms with Gasteiger partial charge in [-0.15, -0.1) is 13.2 Å². The van der Waals surface area contributed by atoms with Crippen molar-refractivity contribution < 1.29 is 63.8 Å². The van der Waals surface area contributed by atoms with Crippen molar-refractivity contribution in [1.29, 1.82) is 0 Å². The van der Waals surface area contributed by atoms with Crippen LogP contribution in [0.3, 0.4) is 0 Å². The molecule has 1 spiro atoms. The minimum atomic E-state index is -5.11. The van der Waals surface area contributed by atoms with Crippen LogP contribution in [0.5, 0.6) is 11.5 Å². The summed E-state index contributed by atoms with van der Waals surface area (Å²) in [7, 11) is -4.15. The molecule has 1 saturated heterocycles. The predicted octanol–water partition coefficient (Wildman–Crippen LogP) is 5.94. The molecule has 2 saturated carbocycles. The number of hydrogen-bond acceptors (Lipinski definition) is 10. The Hall–Kier alpha value is -4.75. The topological polar surface area (TPSA) is 182 Å². The number of fused-ring (bicyclic) bond motifs is 5. The van der Waals surface area contributed by atoms with Crippen LogP contribution in [0.4, 0.5) is 26.7 Å². The molecule has 0 unspecified atom stereocenters. The van der Waals surface area contributed by atoms with Gasteiger partial charge in [-0.25, -0.2) is 27.0 Å². The highest BCUT2D eigenvalue weighted by atomic mass is 32.2. The summed E-state index contributed by atoms with van der Waals surface area (Å²) in [6, 6.07) is -0.0327. The number of sulfonamides is 1. The van der Waals surface area contributed by atoms with Crippen molar-refractivity contribution in [2.45, 2.75) is 145 Å². The first-order valence-corrected chi connectivity index (χ1v) is 21.4. The first kappa shape index (κ1) is 43.3. The number of aromatic nitrogens is 1. The Labute approximate surface area is 343 Å². The Morgan fingerprint density at radius 2 is 1.78 bits per heavy atom. The highest BCUT2D eigenvalue weighted by Gasteiger charge is 2.65. The van der Waals surface area contributed by atoms with E-state index in [9.17, 15) is 40.8 Å². The smallest absolute Gasteiger partial charge is 0.483 e. The van der Waals surface area contributed by atoms with Crippen molar-refractivity contribution in [3.63, 3.8) is 0 Å². The van der Waals surface area contributed by atoms with Crippen molar-refractivity contribution >= 4 is 44.7 Å². The van der Waals surface area contributed by atoms with Crippen LogP contribution in [0.1, 0.15) is 103 Å². The van der Waals surface area contributed by atoms with Crippen LogP contribution in [-0.4, -0.2) is 88.6 Å². The lowest BCUT2D eigenvalue weighted by molar-refractivity contribution is -0.274. The van der Waals surface area contributed by atoms with Gasteiger partial charge in [0.25, 0.3) is 11.8 Å². The molecule has 3 N–H and O–H groups in total. The van der Waals surface area contributed by atoms with E-state index >= 15 is 8.78 Å². The predicted molar refractivity (Wildman–Crippen MR) is 204 cm³/mol. The fraction of sp³-hybridized carbons (Fsp3) is 0.625. The van der Waals surface area contributed by atoms with Crippen molar-refractivity contribution in [2.24, 2.45) is 5.92 Å². The molecule has 3 aliphatic heterocycles. The number of benzene rings is 1. The number of carbonyl (C=O) groups is 4. The number of alkyl halides is 5. The number of nitrogens with zero attached hydrogens (tertiary/aromatic N) is 2. The number of ether oxygens (including phenoxy) is 3. The average molecular weight is 870 g/mol. The Balaban J connectivity index is 1.28. The summed E-state index contributed by atoms with van der Waals surface area (Å²) >= 11 is 0. The lowest BCUT2D eigenvalue weighted by Crippen LogP contribution is -2.58. The highest BCUT2D eigenvalue weighted by Crippen LogP contribution is 2.55. The maximum absolute atomic E-state index is 16.8. The van der Waals surface area contributed by atoms with Crippen molar-refractivity contribution in [3.05, 3.63) is 41.6 Å². The molecule has 14 nitrogen and oxygen atoms in total. The van der Waals surface area contributed by atoms with Crippen LogP contribution in [0, 0.1) is 12.8 Å². The average Bonchev–Trinajstić information content (AvgIpc) is 4.00. The quantitative estimate of drug-likeness (QED) is 0.240. The molecule has 20 heteroatoms. The van der Waals surface area contributed by atoms with Gasteiger partial charge in [-0.3, -0.25) is 19.1 Å². The van der Waals surface area contributed by atoms with Crippen LogP contribution in [0.15, 0.2) is 30.4 Å². The van der Waals surface area contributed by atoms with Gasteiger partial charge < -0.3 is 29.7 Å². The van der Waals surface area contributed by atoms with Gasteiger partial charge in [-0.05, 0) is 91.3 Å². The lowest BCUT2D eigenvalue weighted by Gasteiger charge is -2.40. The van der Waals surface area contributed by atoms with E-state index in [1.807, 2.05) is 6.08 Å². The molecule has 328 valence electrons. The first-order valence-electron chi connectivity index (χ1n) is 19.9. The van der Waals surface area contributed by atoms with Crippen LogP contribution < -0.4 is 24.8 Å². The summed E-state index contributed by atoms with van der Waals surface area (Å²) in [6.07, 6.45) is -1.16. The Morgan fingerprint density at radius 1 is 1.07 bits per heavy atom. The molecule has 2 aromatic rings. The van der Waals surface area contributed by atoms with Gasteiger partial charge in [0.2, 0.25) is 21.8 Å². The molecule has 2 aliphatic carbocycles. The SMILES string of the molecule is Cc1nc2ccc(OC(F)(F)F)cc2c2c1O[C@@]1(C[C@H]3C(=O)N[C@]4(C(=O)NS(=O)(=O)C5(C)CC5)C[C@H]4/C=C\CCCCC[C@H](NC(=O)OC(C)(C)C)C(=O)N3C1)CC2(F)F. The van der Waals surface area contributed by atoms with E-state index in [2.05, 4.69) is 25.1 Å². The molecule has 0 bridgehead atoms. The maximum atomic E-state index is 16.8. The zero-order chi connectivity index (χ0) is 43.8. The van der Waals surface area contributed by atoms with E-state index in [0.29, 0.717) is 38.5 Å². The van der Waals surface area contributed by atoms with Crippen molar-refractivity contribution in [1.82, 2.24) is 25.2 Å². The molecule has 4 heterocycles. The number of aryl methyl sites for hydroxylation is 1. The second-order valence-corrected chi connectivity index (χ2v) is 20.1. The van der Waals surface area contributed by atoms with E-state index in [0.717, 1.165) is 23.1 Å². The van der Waals surface area contributed by atoms with E-state index in [1.165, 1.54) is 13.8 Å². The largest absolute Gasteiger partial charge is 0.573 e. The van der Waals surface area contributed by atoms with Gasteiger partial charge in [0.05, 0.1) is 34.5 Å². The molecule has 0 radical (unpaired) electrons. The minimum absolute atomic E-state index is 0.0157. The normalized spacial score (nSPS) is 29.4. The number of halogens is 5. The van der Waals surface area contributed by atoms with Crippen LogP contribution in [0.25, 0.3) is 10.9 Å². The number of rotatable bonds is 5. The van der Waals surface area contributed by atoms with Crippen LogP contribution >= 0.6 is 0 Å². The summed E-state index contributed by atoms with van der Waals surface area (Å²) in [5.74, 6) is -8.43. The number of nitrogens with one attached hydrogen (secondary N) is 3. The number of carbonyl (C=O) groups excluding carboxylic acids is 4. The highest BCUT2D eigenvalue weighted by molar-refractivity contribution is 7.91. The van der Waals surface area contributed by atoms with E-state index in [1.54, 1.807) is 26.8 Å².